The Morgan fingerprint density at radius 3 is 2.36 bits per heavy atom. The zero-order valence-corrected chi connectivity index (χ0v) is 19.0. The average Bonchev–Trinajstić information content (AvgIpc) is 2.81. The summed E-state index contributed by atoms with van der Waals surface area (Å²) in [5.74, 6) is -0.393. The number of carbonyl (C=O) groups is 1. The number of pyridine rings is 1. The molecule has 1 unspecified atom stereocenters. The zero-order valence-electron chi connectivity index (χ0n) is 19.0. The predicted octanol–water partition coefficient (Wildman–Crippen LogP) is 3.50. The van der Waals surface area contributed by atoms with Gasteiger partial charge in [-0.15, -0.1) is 0 Å². The van der Waals surface area contributed by atoms with Crippen LogP contribution in [0.15, 0.2) is 70.7 Å². The highest BCUT2D eigenvalue weighted by Crippen LogP contribution is 2.32. The summed E-state index contributed by atoms with van der Waals surface area (Å²) >= 11 is 0. The first kappa shape index (κ1) is 23.9. The Hall–Kier alpha value is -3.71. The van der Waals surface area contributed by atoms with Crippen LogP contribution < -0.4 is 10.9 Å². The fraction of sp³-hybridized carbons (Fsp3) is 0.269. The molecule has 7 heteroatoms. The zero-order chi connectivity index (χ0) is 24.0. The molecule has 0 aliphatic rings. The van der Waals surface area contributed by atoms with Gasteiger partial charge in [0.15, 0.2) is 0 Å². The molecule has 2 aromatic carbocycles. The van der Waals surface area contributed by atoms with E-state index in [1.165, 1.54) is 0 Å². The molecule has 0 bridgehead atoms. The fourth-order valence-corrected chi connectivity index (χ4v) is 3.77. The molecule has 0 fully saturated rings. The number of aromatic amines is 1. The number of benzene rings is 2. The molecule has 0 saturated carbocycles. The Kier molecular flexibility index (Phi) is 7.79. The van der Waals surface area contributed by atoms with Gasteiger partial charge >= 0.3 is 0 Å². The maximum Gasteiger partial charge on any atom is 0.251 e. The van der Waals surface area contributed by atoms with Gasteiger partial charge < -0.3 is 20.6 Å². The number of hydrogen-bond donors (Lipinski definition) is 4. The maximum absolute atomic E-state index is 12.3. The maximum atomic E-state index is 12.3. The highest BCUT2D eigenvalue weighted by atomic mass is 16.4. The van der Waals surface area contributed by atoms with E-state index >= 15 is 0 Å². The van der Waals surface area contributed by atoms with E-state index in [1.807, 2.05) is 43.3 Å². The highest BCUT2D eigenvalue weighted by Gasteiger charge is 2.21. The number of H-pyrrole nitrogens is 1. The number of aliphatic hydroxyl groups excluding tert-OH is 1. The molecule has 0 saturated heterocycles. The standard InChI is InChI=1S/C26H29N3O4/c1-16-6-4-5-7-22(16)23(13-24(29-33)21-12-17(2)25(31)28-15-21)19-8-10-20(11-9-19)26(32)27-14-18(3)30/h4-12,15,18,23,30,33H,13-14H2,1-3H3,(H,27,32)(H,28,31)/b29-24+/t18-,23?/m1/s1. The van der Waals surface area contributed by atoms with Gasteiger partial charge in [0.05, 0.1) is 11.8 Å². The lowest BCUT2D eigenvalue weighted by molar-refractivity contribution is 0.0924. The van der Waals surface area contributed by atoms with E-state index in [4.69, 9.17) is 0 Å². The summed E-state index contributed by atoms with van der Waals surface area (Å²) in [6.07, 6.45) is 1.32. The number of aliphatic hydroxyl groups is 1. The van der Waals surface area contributed by atoms with Crippen LogP contribution in [0.2, 0.25) is 0 Å². The van der Waals surface area contributed by atoms with E-state index in [2.05, 4.69) is 15.5 Å². The minimum Gasteiger partial charge on any atom is -0.411 e. The van der Waals surface area contributed by atoms with E-state index in [0.717, 1.165) is 16.7 Å². The summed E-state index contributed by atoms with van der Waals surface area (Å²) in [5, 5.41) is 25.4. The van der Waals surface area contributed by atoms with Gasteiger partial charge in [-0.1, -0.05) is 41.6 Å². The van der Waals surface area contributed by atoms with Gasteiger partial charge in [-0.2, -0.15) is 0 Å². The van der Waals surface area contributed by atoms with E-state index in [0.29, 0.717) is 28.8 Å². The molecule has 0 aliphatic carbocycles. The van der Waals surface area contributed by atoms with Crippen LogP contribution in [0, 0.1) is 13.8 Å². The van der Waals surface area contributed by atoms with Crippen molar-refractivity contribution in [2.75, 3.05) is 6.54 Å². The lowest BCUT2D eigenvalue weighted by Gasteiger charge is -2.21. The number of oxime groups is 1. The van der Waals surface area contributed by atoms with Crippen LogP contribution in [-0.2, 0) is 0 Å². The van der Waals surface area contributed by atoms with E-state index < -0.39 is 6.10 Å². The first-order valence-corrected chi connectivity index (χ1v) is 10.8. The van der Waals surface area contributed by atoms with Crippen LogP contribution in [0.5, 0.6) is 0 Å². The Labute approximate surface area is 192 Å². The van der Waals surface area contributed by atoms with Crippen molar-refractivity contribution in [1.29, 1.82) is 0 Å². The Bertz CT molecular complexity index is 1200. The summed E-state index contributed by atoms with van der Waals surface area (Å²) < 4.78 is 0. The van der Waals surface area contributed by atoms with Crippen LogP contribution in [0.4, 0.5) is 0 Å². The normalized spacial score (nSPS) is 13.4. The third-order valence-corrected chi connectivity index (χ3v) is 5.64. The summed E-state index contributed by atoms with van der Waals surface area (Å²) in [6.45, 7) is 5.53. The minimum absolute atomic E-state index is 0.140. The topological polar surface area (TPSA) is 115 Å². The molecule has 0 radical (unpaired) electrons. The average molecular weight is 448 g/mol. The highest BCUT2D eigenvalue weighted by molar-refractivity contribution is 6.00. The van der Waals surface area contributed by atoms with Crippen LogP contribution in [0.3, 0.4) is 0 Å². The third-order valence-electron chi connectivity index (χ3n) is 5.64. The molecule has 4 N–H and O–H groups in total. The van der Waals surface area contributed by atoms with Crippen molar-refractivity contribution in [1.82, 2.24) is 10.3 Å². The molecule has 0 spiro atoms. The molecule has 7 nitrogen and oxygen atoms in total. The molecule has 1 amide bonds. The van der Waals surface area contributed by atoms with Gasteiger partial charge in [0, 0.05) is 41.8 Å². The number of nitrogens with zero attached hydrogens (tertiary/aromatic N) is 1. The van der Waals surface area contributed by atoms with Gasteiger partial charge in [0.2, 0.25) is 0 Å². The summed E-state index contributed by atoms with van der Waals surface area (Å²) in [6, 6.07) is 17.0. The Balaban J connectivity index is 1.95. The number of nitrogens with one attached hydrogen (secondary N) is 2. The lowest BCUT2D eigenvalue weighted by Crippen LogP contribution is -2.30. The molecular weight excluding hydrogens is 418 g/mol. The van der Waals surface area contributed by atoms with Crippen LogP contribution >= 0.6 is 0 Å². The number of carbonyl (C=O) groups excluding carboxylic acids is 1. The second-order valence-electron chi connectivity index (χ2n) is 8.24. The lowest BCUT2D eigenvalue weighted by atomic mass is 9.83. The molecule has 3 rings (SSSR count). The largest absolute Gasteiger partial charge is 0.411 e. The number of aromatic nitrogens is 1. The number of rotatable bonds is 8. The molecule has 3 aromatic rings. The molecule has 0 aliphatic heterocycles. The molecule has 172 valence electrons. The Morgan fingerprint density at radius 1 is 1.06 bits per heavy atom. The number of hydrogen-bond acceptors (Lipinski definition) is 5. The van der Waals surface area contributed by atoms with Crippen molar-refractivity contribution in [3.8, 4) is 0 Å². The van der Waals surface area contributed by atoms with E-state index in [9.17, 15) is 19.9 Å². The van der Waals surface area contributed by atoms with Crippen molar-refractivity contribution in [2.45, 2.75) is 39.2 Å². The summed E-state index contributed by atoms with van der Waals surface area (Å²) in [4.78, 5) is 26.8. The van der Waals surface area contributed by atoms with Crippen molar-refractivity contribution >= 4 is 11.6 Å². The molecule has 2 atom stereocenters. The summed E-state index contributed by atoms with van der Waals surface area (Å²) in [5.41, 5.74) is 5.06. The summed E-state index contributed by atoms with van der Waals surface area (Å²) in [7, 11) is 0. The van der Waals surface area contributed by atoms with Gasteiger partial charge in [-0.25, -0.2) is 0 Å². The first-order chi connectivity index (χ1) is 15.8. The number of amides is 1. The molecular formula is C26H29N3O4. The van der Waals surface area contributed by atoms with Gasteiger partial charge in [0.25, 0.3) is 11.5 Å². The van der Waals surface area contributed by atoms with E-state index in [-0.39, 0.29) is 23.9 Å². The monoisotopic (exact) mass is 447 g/mol. The first-order valence-electron chi connectivity index (χ1n) is 10.8. The Morgan fingerprint density at radius 2 is 1.76 bits per heavy atom. The third kappa shape index (κ3) is 5.96. The fourth-order valence-electron chi connectivity index (χ4n) is 3.77. The molecule has 1 aromatic heterocycles. The molecule has 33 heavy (non-hydrogen) atoms. The van der Waals surface area contributed by atoms with Crippen molar-refractivity contribution in [3.05, 3.63) is 105 Å². The SMILES string of the molecule is Cc1ccccc1C(C/C(=N\O)c1c[nH]c(=O)c(C)c1)c1ccc(C(=O)NC[C@@H](C)O)cc1. The van der Waals surface area contributed by atoms with Gasteiger partial charge in [-0.05, 0) is 55.7 Å². The number of aryl methyl sites for hydroxylation is 2. The van der Waals surface area contributed by atoms with Crippen molar-refractivity contribution in [2.24, 2.45) is 5.16 Å². The predicted molar refractivity (Wildman–Crippen MR) is 128 cm³/mol. The smallest absolute Gasteiger partial charge is 0.251 e. The quantitative estimate of drug-likeness (QED) is 0.240. The van der Waals surface area contributed by atoms with Crippen molar-refractivity contribution in [3.63, 3.8) is 0 Å². The van der Waals surface area contributed by atoms with Gasteiger partial charge in [-0.3, -0.25) is 9.59 Å². The van der Waals surface area contributed by atoms with Gasteiger partial charge in [0.1, 0.15) is 0 Å². The minimum atomic E-state index is -0.619. The second-order valence-corrected chi connectivity index (χ2v) is 8.24. The van der Waals surface area contributed by atoms with Crippen LogP contribution in [0.1, 0.15) is 57.4 Å². The molecule has 1 heterocycles. The van der Waals surface area contributed by atoms with E-state index in [1.54, 1.807) is 38.2 Å². The van der Waals surface area contributed by atoms with Crippen LogP contribution in [-0.4, -0.2) is 39.6 Å². The van der Waals surface area contributed by atoms with Crippen molar-refractivity contribution < 1.29 is 15.1 Å². The second kappa shape index (κ2) is 10.7. The van der Waals surface area contributed by atoms with Crippen LogP contribution in [0.25, 0.3) is 0 Å².